The van der Waals surface area contributed by atoms with Gasteiger partial charge in [0.1, 0.15) is 5.82 Å². The highest BCUT2D eigenvalue weighted by molar-refractivity contribution is 5.99. The highest BCUT2D eigenvalue weighted by atomic mass is 19.1. The lowest BCUT2D eigenvalue weighted by Gasteiger charge is -2.16. The van der Waals surface area contributed by atoms with E-state index in [2.05, 4.69) is 5.32 Å². The van der Waals surface area contributed by atoms with E-state index in [1.54, 1.807) is 12.1 Å². The Kier molecular flexibility index (Phi) is 5.12. The molecule has 1 saturated heterocycles. The molecule has 5 heteroatoms. The fourth-order valence-electron chi connectivity index (χ4n) is 3.16. The maximum Gasteiger partial charge on any atom is 0.222 e. The SMILES string of the molecule is CC(=O)c1c(F)cccc1NCc1cccc(CN2CCCC2=O)c1. The molecule has 1 amide bonds. The molecule has 0 saturated carbocycles. The molecule has 0 aromatic heterocycles. The zero-order valence-corrected chi connectivity index (χ0v) is 14.2. The maximum absolute atomic E-state index is 13.9. The van der Waals surface area contributed by atoms with Gasteiger partial charge in [-0.3, -0.25) is 9.59 Å². The Morgan fingerprint density at radius 2 is 1.96 bits per heavy atom. The lowest BCUT2D eigenvalue weighted by Crippen LogP contribution is -2.23. The molecule has 2 aromatic rings. The van der Waals surface area contributed by atoms with E-state index < -0.39 is 5.82 Å². The van der Waals surface area contributed by atoms with Crippen molar-refractivity contribution in [3.8, 4) is 0 Å². The maximum atomic E-state index is 13.9. The van der Waals surface area contributed by atoms with Gasteiger partial charge in [0.15, 0.2) is 5.78 Å². The molecule has 1 aliphatic rings. The molecule has 3 rings (SSSR count). The molecule has 0 unspecified atom stereocenters. The summed E-state index contributed by atoms with van der Waals surface area (Å²) in [5.41, 5.74) is 2.66. The van der Waals surface area contributed by atoms with Gasteiger partial charge in [-0.25, -0.2) is 4.39 Å². The monoisotopic (exact) mass is 340 g/mol. The molecular formula is C20H21FN2O2. The zero-order chi connectivity index (χ0) is 17.8. The molecule has 0 atom stereocenters. The quantitative estimate of drug-likeness (QED) is 0.815. The molecule has 0 spiro atoms. The Morgan fingerprint density at radius 1 is 1.20 bits per heavy atom. The summed E-state index contributed by atoms with van der Waals surface area (Å²) in [6.07, 6.45) is 1.56. The first-order chi connectivity index (χ1) is 12.0. The summed E-state index contributed by atoms with van der Waals surface area (Å²) in [5, 5.41) is 3.14. The topological polar surface area (TPSA) is 49.4 Å². The Bertz CT molecular complexity index is 804. The minimum Gasteiger partial charge on any atom is -0.380 e. The van der Waals surface area contributed by atoms with Gasteiger partial charge in [-0.1, -0.05) is 30.3 Å². The Morgan fingerprint density at radius 3 is 2.68 bits per heavy atom. The molecule has 1 aliphatic heterocycles. The number of halogens is 1. The molecule has 1 fully saturated rings. The average molecular weight is 340 g/mol. The van der Waals surface area contributed by atoms with Crippen molar-refractivity contribution in [2.45, 2.75) is 32.9 Å². The lowest BCUT2D eigenvalue weighted by molar-refractivity contribution is -0.128. The van der Waals surface area contributed by atoms with E-state index in [1.807, 2.05) is 29.2 Å². The molecule has 0 radical (unpaired) electrons. The highest BCUT2D eigenvalue weighted by Crippen LogP contribution is 2.21. The van der Waals surface area contributed by atoms with E-state index in [9.17, 15) is 14.0 Å². The Hall–Kier alpha value is -2.69. The van der Waals surface area contributed by atoms with Crippen LogP contribution in [0.1, 0.15) is 41.3 Å². The predicted octanol–water partition coefficient (Wildman–Crippen LogP) is 3.76. The van der Waals surface area contributed by atoms with E-state index in [0.29, 0.717) is 25.2 Å². The number of nitrogens with one attached hydrogen (secondary N) is 1. The average Bonchev–Trinajstić information content (AvgIpc) is 2.98. The van der Waals surface area contributed by atoms with Gasteiger partial charge in [0.2, 0.25) is 5.91 Å². The van der Waals surface area contributed by atoms with Gasteiger partial charge in [0.05, 0.1) is 5.56 Å². The molecule has 1 N–H and O–H groups in total. The summed E-state index contributed by atoms with van der Waals surface area (Å²) in [7, 11) is 0. The van der Waals surface area contributed by atoms with Crippen molar-refractivity contribution in [3.05, 3.63) is 65.0 Å². The zero-order valence-electron chi connectivity index (χ0n) is 14.2. The van der Waals surface area contributed by atoms with Crippen LogP contribution < -0.4 is 5.32 Å². The second kappa shape index (κ2) is 7.47. The third kappa shape index (κ3) is 4.05. The fourth-order valence-corrected chi connectivity index (χ4v) is 3.16. The van der Waals surface area contributed by atoms with Crippen LogP contribution in [0.25, 0.3) is 0 Å². The number of hydrogen-bond acceptors (Lipinski definition) is 3. The molecule has 25 heavy (non-hydrogen) atoms. The standard InChI is InChI=1S/C20H21FN2O2/c1-14(24)20-17(21)7-3-8-18(20)22-12-15-5-2-6-16(11-15)13-23-10-4-9-19(23)25/h2-3,5-8,11,22H,4,9-10,12-13H2,1H3. The van der Waals surface area contributed by atoms with E-state index >= 15 is 0 Å². The highest BCUT2D eigenvalue weighted by Gasteiger charge is 2.20. The van der Waals surface area contributed by atoms with Crippen molar-refractivity contribution in [1.29, 1.82) is 0 Å². The van der Waals surface area contributed by atoms with Crippen LogP contribution in [0.3, 0.4) is 0 Å². The third-order valence-corrected chi connectivity index (χ3v) is 4.38. The number of carbonyl (C=O) groups is 2. The van der Waals surface area contributed by atoms with Crippen molar-refractivity contribution in [3.63, 3.8) is 0 Å². The largest absolute Gasteiger partial charge is 0.380 e. The minimum absolute atomic E-state index is 0.0846. The second-order valence-electron chi connectivity index (χ2n) is 6.31. The van der Waals surface area contributed by atoms with Crippen molar-refractivity contribution in [1.82, 2.24) is 4.90 Å². The van der Waals surface area contributed by atoms with E-state index in [4.69, 9.17) is 0 Å². The van der Waals surface area contributed by atoms with Crippen LogP contribution in [-0.4, -0.2) is 23.1 Å². The normalized spacial score (nSPS) is 14.0. The number of anilines is 1. The number of nitrogens with zero attached hydrogens (tertiary/aromatic N) is 1. The number of rotatable bonds is 6. The van der Waals surface area contributed by atoms with Crippen LogP contribution in [0, 0.1) is 5.82 Å². The number of carbonyl (C=O) groups excluding carboxylic acids is 2. The van der Waals surface area contributed by atoms with Gasteiger partial charge in [0.25, 0.3) is 0 Å². The minimum atomic E-state index is -0.515. The van der Waals surface area contributed by atoms with Crippen LogP contribution in [0.4, 0.5) is 10.1 Å². The van der Waals surface area contributed by atoms with Crippen molar-refractivity contribution in [2.75, 3.05) is 11.9 Å². The molecule has 0 bridgehead atoms. The van der Waals surface area contributed by atoms with Crippen LogP contribution in [0.15, 0.2) is 42.5 Å². The number of benzene rings is 2. The second-order valence-corrected chi connectivity index (χ2v) is 6.31. The summed E-state index contributed by atoms with van der Waals surface area (Å²) in [5.74, 6) is -0.616. The fraction of sp³-hybridized carbons (Fsp3) is 0.300. The Balaban J connectivity index is 1.70. The predicted molar refractivity (Wildman–Crippen MR) is 94.8 cm³/mol. The lowest BCUT2D eigenvalue weighted by atomic mass is 10.1. The number of amides is 1. The summed E-state index contributed by atoms with van der Waals surface area (Å²) in [4.78, 5) is 25.3. The number of hydrogen-bond donors (Lipinski definition) is 1. The van der Waals surface area contributed by atoms with Crippen LogP contribution in [-0.2, 0) is 17.9 Å². The van der Waals surface area contributed by atoms with Gasteiger partial charge in [-0.15, -0.1) is 0 Å². The Labute approximate surface area is 146 Å². The summed E-state index contributed by atoms with van der Waals surface area (Å²) in [6.45, 7) is 3.26. The van der Waals surface area contributed by atoms with Gasteiger partial charge < -0.3 is 10.2 Å². The van der Waals surface area contributed by atoms with E-state index in [0.717, 1.165) is 24.1 Å². The third-order valence-electron chi connectivity index (χ3n) is 4.38. The first-order valence-electron chi connectivity index (χ1n) is 8.43. The molecule has 130 valence electrons. The van der Waals surface area contributed by atoms with Crippen LogP contribution in [0.2, 0.25) is 0 Å². The summed E-state index contributed by atoms with van der Waals surface area (Å²) < 4.78 is 13.9. The molecule has 0 aliphatic carbocycles. The van der Waals surface area contributed by atoms with Crippen molar-refractivity contribution in [2.24, 2.45) is 0 Å². The first-order valence-corrected chi connectivity index (χ1v) is 8.43. The number of likely N-dealkylation sites (tertiary alicyclic amines) is 1. The summed E-state index contributed by atoms with van der Waals surface area (Å²) >= 11 is 0. The molecular weight excluding hydrogens is 319 g/mol. The smallest absolute Gasteiger partial charge is 0.222 e. The van der Waals surface area contributed by atoms with Crippen LogP contribution >= 0.6 is 0 Å². The van der Waals surface area contributed by atoms with Crippen molar-refractivity contribution >= 4 is 17.4 Å². The van der Waals surface area contributed by atoms with Crippen molar-refractivity contribution < 1.29 is 14.0 Å². The van der Waals surface area contributed by atoms with Gasteiger partial charge in [0, 0.05) is 31.7 Å². The molecule has 2 aromatic carbocycles. The molecule has 4 nitrogen and oxygen atoms in total. The van der Waals surface area contributed by atoms with Gasteiger partial charge in [-0.2, -0.15) is 0 Å². The number of ketones is 1. The van der Waals surface area contributed by atoms with Crippen LogP contribution in [0.5, 0.6) is 0 Å². The van der Waals surface area contributed by atoms with E-state index in [-0.39, 0.29) is 17.3 Å². The summed E-state index contributed by atoms with van der Waals surface area (Å²) in [6, 6.07) is 12.5. The first kappa shape index (κ1) is 17.1. The number of Topliss-reactive ketones (excluding diaryl/α,β-unsaturated/α-hetero) is 1. The van der Waals surface area contributed by atoms with Gasteiger partial charge >= 0.3 is 0 Å². The van der Waals surface area contributed by atoms with E-state index in [1.165, 1.54) is 13.0 Å². The van der Waals surface area contributed by atoms with Gasteiger partial charge in [-0.05, 0) is 36.6 Å². The molecule has 1 heterocycles.